The number of aliphatic hydroxyl groups excluding tert-OH is 8. The van der Waals surface area contributed by atoms with Gasteiger partial charge in [0.15, 0.2) is 12.6 Å². The van der Waals surface area contributed by atoms with E-state index < -0.39 is 86.8 Å². The maximum absolute atomic E-state index is 13.3. The van der Waals surface area contributed by atoms with E-state index in [9.17, 15) is 45.6 Å². The lowest BCUT2D eigenvalue weighted by Gasteiger charge is -2.46. The van der Waals surface area contributed by atoms with Crippen LogP contribution in [0.2, 0.25) is 0 Å². The number of hydrogen-bond acceptors (Lipinski definition) is 13. The SMILES string of the molecule is CCCCCCCCCCCCCCCCCCCCCCCCC(=O)NC(COC1OC(CO)C(OC2OC(CO)C(O)C(O)C2O)C(O)C1O)C(O)CCCCCCCCCCCCCCCCCCCC. The predicted octanol–water partition coefficient (Wildman–Crippen LogP) is 10.9. The van der Waals surface area contributed by atoms with Crippen molar-refractivity contribution in [2.75, 3.05) is 19.8 Å². The standard InChI is InChI=1S/C60H117NO13/c1-3-5-7-9-11-13-15-17-19-21-23-24-25-26-28-30-32-34-36-38-40-42-44-52(65)61-48(49(64)43-41-39-37-35-33-31-29-27-22-20-18-16-14-12-10-8-6-4-2)47-71-59-57(70)55(68)58(51(46-63)73-59)74-60-56(69)54(67)53(66)50(45-62)72-60/h48-51,53-60,62-64,66-70H,3-47H2,1-2H3,(H,61,65). The zero-order chi connectivity index (χ0) is 53.9. The Labute approximate surface area is 451 Å². The van der Waals surface area contributed by atoms with E-state index in [2.05, 4.69) is 19.2 Å². The Morgan fingerprint density at radius 3 is 1.15 bits per heavy atom. The Bertz CT molecular complexity index is 1250. The summed E-state index contributed by atoms with van der Waals surface area (Å²) in [5, 5.41) is 87.3. The van der Waals surface area contributed by atoms with Gasteiger partial charge in [-0.1, -0.05) is 264 Å². The fourth-order valence-electron chi connectivity index (χ4n) is 10.8. The molecule has 0 saturated carbocycles. The molecule has 2 aliphatic heterocycles. The molecule has 2 saturated heterocycles. The molecule has 0 bridgehead atoms. The van der Waals surface area contributed by atoms with E-state index >= 15 is 0 Å². The van der Waals surface area contributed by atoms with Gasteiger partial charge in [0.25, 0.3) is 0 Å². The summed E-state index contributed by atoms with van der Waals surface area (Å²) in [6.07, 6.45) is 35.3. The molecule has 12 atom stereocenters. The van der Waals surface area contributed by atoms with Gasteiger partial charge < -0.3 is 65.1 Å². The van der Waals surface area contributed by atoms with E-state index in [4.69, 9.17) is 18.9 Å². The molecule has 14 heteroatoms. The zero-order valence-corrected chi connectivity index (χ0v) is 47.4. The van der Waals surface area contributed by atoms with Gasteiger partial charge in [-0.25, -0.2) is 0 Å². The lowest BCUT2D eigenvalue weighted by atomic mass is 9.97. The third kappa shape index (κ3) is 32.2. The van der Waals surface area contributed by atoms with Gasteiger partial charge in [-0.3, -0.25) is 4.79 Å². The smallest absolute Gasteiger partial charge is 0.220 e. The van der Waals surface area contributed by atoms with Crippen molar-refractivity contribution in [3.8, 4) is 0 Å². The molecule has 0 aliphatic carbocycles. The highest BCUT2D eigenvalue weighted by Crippen LogP contribution is 2.30. The van der Waals surface area contributed by atoms with Crippen LogP contribution in [0.3, 0.4) is 0 Å². The van der Waals surface area contributed by atoms with Crippen LogP contribution in [0.4, 0.5) is 0 Å². The van der Waals surface area contributed by atoms with Crippen LogP contribution in [0.25, 0.3) is 0 Å². The van der Waals surface area contributed by atoms with Gasteiger partial charge in [-0.15, -0.1) is 0 Å². The molecule has 2 rings (SSSR count). The van der Waals surface area contributed by atoms with Gasteiger partial charge in [0, 0.05) is 6.42 Å². The fraction of sp³-hybridized carbons (Fsp3) is 0.983. The summed E-state index contributed by atoms with van der Waals surface area (Å²) in [4.78, 5) is 13.3. The molecular weight excluding hydrogens is 943 g/mol. The highest BCUT2D eigenvalue weighted by Gasteiger charge is 2.51. The van der Waals surface area contributed by atoms with Gasteiger partial charge in [-0.05, 0) is 12.8 Å². The van der Waals surface area contributed by atoms with Gasteiger partial charge in [-0.2, -0.15) is 0 Å². The van der Waals surface area contributed by atoms with Crippen LogP contribution < -0.4 is 5.32 Å². The minimum atomic E-state index is -1.78. The lowest BCUT2D eigenvalue weighted by Crippen LogP contribution is -2.65. The number of carbonyl (C=O) groups excluding carboxylic acids is 1. The first-order valence-corrected chi connectivity index (χ1v) is 31.3. The van der Waals surface area contributed by atoms with E-state index in [0.29, 0.717) is 12.8 Å². The summed E-state index contributed by atoms with van der Waals surface area (Å²) in [5.74, 6) is -0.199. The minimum absolute atomic E-state index is 0.199. The van der Waals surface area contributed by atoms with Crippen LogP contribution in [0.1, 0.15) is 284 Å². The van der Waals surface area contributed by atoms with Crippen molar-refractivity contribution in [2.45, 2.75) is 357 Å². The van der Waals surface area contributed by atoms with Gasteiger partial charge in [0.1, 0.15) is 48.8 Å². The minimum Gasteiger partial charge on any atom is -0.394 e. The van der Waals surface area contributed by atoms with E-state index in [1.807, 2.05) is 0 Å². The largest absolute Gasteiger partial charge is 0.394 e. The fourth-order valence-corrected chi connectivity index (χ4v) is 10.8. The number of aliphatic hydroxyl groups is 8. The zero-order valence-electron chi connectivity index (χ0n) is 47.4. The third-order valence-corrected chi connectivity index (χ3v) is 15.8. The van der Waals surface area contributed by atoms with Crippen LogP contribution >= 0.6 is 0 Å². The number of nitrogens with one attached hydrogen (secondary N) is 1. The van der Waals surface area contributed by atoms with Crippen LogP contribution in [-0.4, -0.2) is 140 Å². The Morgan fingerprint density at radius 1 is 0.432 bits per heavy atom. The summed E-state index contributed by atoms with van der Waals surface area (Å²) in [6.45, 7) is 2.91. The van der Waals surface area contributed by atoms with Crippen LogP contribution in [-0.2, 0) is 23.7 Å². The maximum atomic E-state index is 13.3. The molecule has 12 unspecified atom stereocenters. The molecule has 74 heavy (non-hydrogen) atoms. The van der Waals surface area contributed by atoms with Gasteiger partial charge >= 0.3 is 0 Å². The molecule has 1 amide bonds. The number of hydrogen-bond donors (Lipinski definition) is 9. The molecule has 440 valence electrons. The van der Waals surface area contributed by atoms with Crippen molar-refractivity contribution in [1.29, 1.82) is 0 Å². The average molecular weight is 1060 g/mol. The molecule has 0 aromatic carbocycles. The molecule has 2 aliphatic rings. The molecule has 2 fully saturated rings. The summed E-state index contributed by atoms with van der Waals surface area (Å²) in [6, 6.07) is -0.823. The average Bonchev–Trinajstić information content (AvgIpc) is 3.40. The third-order valence-electron chi connectivity index (χ3n) is 15.8. The summed E-state index contributed by atoms with van der Waals surface area (Å²) in [5.41, 5.74) is 0. The summed E-state index contributed by atoms with van der Waals surface area (Å²) in [7, 11) is 0. The summed E-state index contributed by atoms with van der Waals surface area (Å²) >= 11 is 0. The second-order valence-corrected chi connectivity index (χ2v) is 22.6. The number of unbranched alkanes of at least 4 members (excludes halogenated alkanes) is 38. The van der Waals surface area contributed by atoms with E-state index in [0.717, 1.165) is 51.4 Å². The van der Waals surface area contributed by atoms with Crippen LogP contribution in [0.15, 0.2) is 0 Å². The molecular formula is C60H117NO13. The second kappa shape index (κ2) is 46.9. The molecule has 2 heterocycles. The Kier molecular flexibility index (Phi) is 43.8. The van der Waals surface area contributed by atoms with Crippen molar-refractivity contribution in [3.63, 3.8) is 0 Å². The number of amides is 1. The molecule has 14 nitrogen and oxygen atoms in total. The molecule has 9 N–H and O–H groups in total. The Balaban J connectivity index is 1.72. The van der Waals surface area contributed by atoms with Crippen molar-refractivity contribution < 1.29 is 64.6 Å². The second-order valence-electron chi connectivity index (χ2n) is 22.6. The number of rotatable bonds is 51. The lowest BCUT2D eigenvalue weighted by molar-refractivity contribution is -0.359. The van der Waals surface area contributed by atoms with E-state index in [-0.39, 0.29) is 12.5 Å². The number of ether oxygens (including phenoxy) is 4. The maximum Gasteiger partial charge on any atom is 0.220 e. The molecule has 0 spiro atoms. The molecule has 0 aromatic heterocycles. The van der Waals surface area contributed by atoms with Crippen molar-refractivity contribution in [2.24, 2.45) is 0 Å². The van der Waals surface area contributed by atoms with E-state index in [1.165, 1.54) is 205 Å². The van der Waals surface area contributed by atoms with E-state index in [1.54, 1.807) is 0 Å². The first-order chi connectivity index (χ1) is 36.1. The van der Waals surface area contributed by atoms with Crippen LogP contribution in [0.5, 0.6) is 0 Å². The highest BCUT2D eigenvalue weighted by molar-refractivity contribution is 5.76. The van der Waals surface area contributed by atoms with Crippen LogP contribution in [0, 0.1) is 0 Å². The van der Waals surface area contributed by atoms with Crippen molar-refractivity contribution in [1.82, 2.24) is 5.32 Å². The quantitative estimate of drug-likeness (QED) is 0.0259. The molecule has 0 radical (unpaired) electrons. The first kappa shape index (κ1) is 69.1. The summed E-state index contributed by atoms with van der Waals surface area (Å²) < 4.78 is 22.9. The predicted molar refractivity (Wildman–Crippen MR) is 296 cm³/mol. The van der Waals surface area contributed by atoms with Gasteiger partial charge in [0.2, 0.25) is 5.91 Å². The van der Waals surface area contributed by atoms with Crippen molar-refractivity contribution >= 4 is 5.91 Å². The highest BCUT2D eigenvalue weighted by atomic mass is 16.7. The molecule has 0 aromatic rings. The Morgan fingerprint density at radius 2 is 0.770 bits per heavy atom. The monoisotopic (exact) mass is 1060 g/mol. The Hall–Kier alpha value is -1.01. The normalized spacial score (nSPS) is 25.1. The number of carbonyl (C=O) groups is 1. The van der Waals surface area contributed by atoms with Crippen molar-refractivity contribution in [3.05, 3.63) is 0 Å². The van der Waals surface area contributed by atoms with Gasteiger partial charge in [0.05, 0.1) is 32.0 Å². The first-order valence-electron chi connectivity index (χ1n) is 31.3. The topological polar surface area (TPSA) is 228 Å².